The lowest BCUT2D eigenvalue weighted by Gasteiger charge is -2.40. The van der Waals surface area contributed by atoms with Gasteiger partial charge in [-0.2, -0.15) is 0 Å². The van der Waals surface area contributed by atoms with Crippen LogP contribution in [0.4, 0.5) is 0 Å². The van der Waals surface area contributed by atoms with E-state index in [1.165, 1.54) is 0 Å². The zero-order valence-electron chi connectivity index (χ0n) is 14.7. The van der Waals surface area contributed by atoms with Gasteiger partial charge in [0.05, 0.1) is 12.6 Å². The first-order valence-electron chi connectivity index (χ1n) is 8.86. The topological polar surface area (TPSA) is 44.5 Å². The number of imidazole rings is 1. The van der Waals surface area contributed by atoms with Crippen LogP contribution in [0, 0.1) is 0 Å². The summed E-state index contributed by atoms with van der Waals surface area (Å²) in [6, 6.07) is 10.4. The molecule has 0 aliphatic carbocycles. The predicted molar refractivity (Wildman–Crippen MR) is 95.6 cm³/mol. The third-order valence-electron chi connectivity index (χ3n) is 4.95. The molecule has 0 amide bonds. The zero-order valence-corrected chi connectivity index (χ0v) is 14.7. The lowest BCUT2D eigenvalue weighted by Crippen LogP contribution is -2.52. The van der Waals surface area contributed by atoms with Gasteiger partial charge >= 0.3 is 0 Å². The second kappa shape index (κ2) is 7.92. The second-order valence-corrected chi connectivity index (χ2v) is 6.64. The molecule has 2 unspecified atom stereocenters. The Hall–Kier alpha value is -1.69. The molecule has 1 N–H and O–H groups in total. The van der Waals surface area contributed by atoms with E-state index in [9.17, 15) is 5.11 Å². The lowest BCUT2D eigenvalue weighted by atomic mass is 10.1. The van der Waals surface area contributed by atoms with Crippen molar-refractivity contribution in [1.29, 1.82) is 0 Å². The molecule has 1 aromatic heterocycles. The Kier molecular flexibility index (Phi) is 5.66. The molecular weight excluding hydrogens is 300 g/mol. The number of piperazine rings is 1. The largest absolute Gasteiger partial charge is 0.387 e. The predicted octanol–water partition coefficient (Wildman–Crippen LogP) is 2.14. The van der Waals surface area contributed by atoms with Crippen molar-refractivity contribution >= 4 is 0 Å². The Bertz CT molecular complexity index is 627. The number of hydrogen-bond donors (Lipinski definition) is 1. The average Bonchev–Trinajstić information content (AvgIpc) is 3.05. The van der Waals surface area contributed by atoms with Crippen molar-refractivity contribution in [3.63, 3.8) is 0 Å². The van der Waals surface area contributed by atoms with Crippen LogP contribution in [0.3, 0.4) is 0 Å². The summed E-state index contributed by atoms with van der Waals surface area (Å²) in [4.78, 5) is 9.33. The van der Waals surface area contributed by atoms with Gasteiger partial charge in [-0.1, -0.05) is 30.3 Å². The third-order valence-corrected chi connectivity index (χ3v) is 4.95. The second-order valence-electron chi connectivity index (χ2n) is 6.64. The van der Waals surface area contributed by atoms with Gasteiger partial charge in [0.15, 0.2) is 0 Å². The van der Waals surface area contributed by atoms with Gasteiger partial charge in [0.1, 0.15) is 5.82 Å². The van der Waals surface area contributed by atoms with Crippen LogP contribution in [0.25, 0.3) is 0 Å². The van der Waals surface area contributed by atoms with Gasteiger partial charge < -0.3 is 9.67 Å². The minimum atomic E-state index is -0.417. The van der Waals surface area contributed by atoms with E-state index in [1.807, 2.05) is 42.7 Å². The molecule has 3 rings (SSSR count). The number of aryl methyl sites for hydroxylation is 1. The van der Waals surface area contributed by atoms with Crippen LogP contribution < -0.4 is 0 Å². The quantitative estimate of drug-likeness (QED) is 0.882. The van der Waals surface area contributed by atoms with Crippen molar-refractivity contribution in [2.75, 3.05) is 26.2 Å². The van der Waals surface area contributed by atoms with Crippen LogP contribution >= 0.6 is 0 Å². The van der Waals surface area contributed by atoms with E-state index in [2.05, 4.69) is 33.2 Å². The molecule has 0 radical (unpaired) electrons. The Morgan fingerprint density at radius 3 is 2.75 bits per heavy atom. The summed E-state index contributed by atoms with van der Waals surface area (Å²) in [6.45, 7) is 9.97. The van der Waals surface area contributed by atoms with Crippen LogP contribution in [0.15, 0.2) is 42.7 Å². The summed E-state index contributed by atoms with van der Waals surface area (Å²) in [5.41, 5.74) is 0.997. The molecule has 5 nitrogen and oxygen atoms in total. The van der Waals surface area contributed by atoms with Crippen molar-refractivity contribution < 1.29 is 5.11 Å². The van der Waals surface area contributed by atoms with Gasteiger partial charge in [0.2, 0.25) is 0 Å². The monoisotopic (exact) mass is 328 g/mol. The Morgan fingerprint density at radius 2 is 2.04 bits per heavy atom. The maximum absolute atomic E-state index is 10.5. The molecule has 24 heavy (non-hydrogen) atoms. The van der Waals surface area contributed by atoms with E-state index in [0.29, 0.717) is 12.6 Å². The fourth-order valence-electron chi connectivity index (χ4n) is 3.47. The van der Waals surface area contributed by atoms with Crippen LogP contribution in [0.1, 0.15) is 31.3 Å². The van der Waals surface area contributed by atoms with Crippen molar-refractivity contribution in [1.82, 2.24) is 19.4 Å². The molecule has 1 fully saturated rings. The van der Waals surface area contributed by atoms with E-state index in [1.54, 1.807) is 0 Å². The maximum Gasteiger partial charge on any atom is 0.122 e. The number of aliphatic hydroxyl groups is 1. The first kappa shape index (κ1) is 17.1. The average molecular weight is 328 g/mol. The van der Waals surface area contributed by atoms with Gasteiger partial charge in [-0.25, -0.2) is 4.98 Å². The Labute approximate surface area is 144 Å². The van der Waals surface area contributed by atoms with E-state index in [0.717, 1.165) is 44.1 Å². The molecule has 0 saturated carbocycles. The maximum atomic E-state index is 10.5. The van der Waals surface area contributed by atoms with Crippen LogP contribution in [0.5, 0.6) is 0 Å². The van der Waals surface area contributed by atoms with Crippen molar-refractivity contribution in [3.05, 3.63) is 54.1 Å². The molecule has 2 atom stereocenters. The molecule has 2 aromatic rings. The molecule has 1 aliphatic rings. The smallest absolute Gasteiger partial charge is 0.122 e. The zero-order chi connectivity index (χ0) is 16.9. The highest BCUT2D eigenvalue weighted by molar-refractivity contribution is 5.17. The number of nitrogens with zero attached hydrogens (tertiary/aromatic N) is 4. The highest BCUT2D eigenvalue weighted by atomic mass is 16.3. The number of β-amino-alcohol motifs (C(OH)–C–C–N with tert-alkyl or cyclic N) is 1. The number of aromatic nitrogens is 2. The fourth-order valence-corrected chi connectivity index (χ4v) is 3.47. The summed E-state index contributed by atoms with van der Waals surface area (Å²) in [6.07, 6.45) is 3.51. The minimum Gasteiger partial charge on any atom is -0.387 e. The number of hydrogen-bond acceptors (Lipinski definition) is 4. The number of aliphatic hydroxyl groups excluding tert-OH is 1. The summed E-state index contributed by atoms with van der Waals surface area (Å²) in [5, 5.41) is 10.5. The van der Waals surface area contributed by atoms with Gasteiger partial charge in [-0.05, 0) is 19.4 Å². The molecule has 0 bridgehead atoms. The van der Waals surface area contributed by atoms with Gasteiger partial charge in [-0.15, -0.1) is 0 Å². The summed E-state index contributed by atoms with van der Waals surface area (Å²) in [5.74, 6) is 1.14. The molecule has 130 valence electrons. The molecule has 5 heteroatoms. The minimum absolute atomic E-state index is 0.417. The first-order chi connectivity index (χ1) is 11.7. The van der Waals surface area contributed by atoms with Crippen LogP contribution in [0.2, 0.25) is 0 Å². The molecule has 1 aromatic carbocycles. The van der Waals surface area contributed by atoms with E-state index in [-0.39, 0.29) is 0 Å². The van der Waals surface area contributed by atoms with E-state index >= 15 is 0 Å². The molecule has 0 spiro atoms. The van der Waals surface area contributed by atoms with Crippen LogP contribution in [-0.2, 0) is 13.1 Å². The standard InChI is InChI=1S/C19H28N4O/c1-3-22-10-9-20-19(22)15-21-11-12-23(16(2)13-21)14-18(24)17-7-5-4-6-8-17/h4-10,16,18,24H,3,11-15H2,1-2H3. The first-order valence-corrected chi connectivity index (χ1v) is 8.86. The van der Waals surface area contributed by atoms with E-state index < -0.39 is 6.10 Å². The summed E-state index contributed by atoms with van der Waals surface area (Å²) >= 11 is 0. The molecule has 2 heterocycles. The van der Waals surface area contributed by atoms with Crippen molar-refractivity contribution in [3.8, 4) is 0 Å². The van der Waals surface area contributed by atoms with Gasteiger partial charge in [0, 0.05) is 51.2 Å². The summed E-state index contributed by atoms with van der Waals surface area (Å²) in [7, 11) is 0. The third kappa shape index (κ3) is 4.04. The molecule has 1 saturated heterocycles. The Balaban J connectivity index is 1.53. The fraction of sp³-hybridized carbons (Fsp3) is 0.526. The molecule has 1 aliphatic heterocycles. The molecular formula is C19H28N4O. The van der Waals surface area contributed by atoms with Crippen molar-refractivity contribution in [2.24, 2.45) is 0 Å². The SMILES string of the molecule is CCn1ccnc1CN1CCN(CC(O)c2ccccc2)C(C)C1. The normalized spacial score (nSPS) is 21.0. The van der Waals surface area contributed by atoms with E-state index in [4.69, 9.17) is 0 Å². The van der Waals surface area contributed by atoms with Gasteiger partial charge in [-0.3, -0.25) is 9.80 Å². The number of rotatable bonds is 6. The lowest BCUT2D eigenvalue weighted by molar-refractivity contribution is 0.0350. The highest BCUT2D eigenvalue weighted by Gasteiger charge is 2.26. The Morgan fingerprint density at radius 1 is 1.25 bits per heavy atom. The van der Waals surface area contributed by atoms with Crippen molar-refractivity contribution in [2.45, 2.75) is 39.1 Å². The number of benzene rings is 1. The summed E-state index contributed by atoms with van der Waals surface area (Å²) < 4.78 is 2.20. The highest BCUT2D eigenvalue weighted by Crippen LogP contribution is 2.18. The van der Waals surface area contributed by atoms with Crippen LogP contribution in [-0.4, -0.2) is 56.7 Å². The van der Waals surface area contributed by atoms with Gasteiger partial charge in [0.25, 0.3) is 0 Å².